The van der Waals surface area contributed by atoms with Gasteiger partial charge in [-0.1, -0.05) is 18.6 Å². The molecule has 0 aromatic heterocycles. The van der Waals surface area contributed by atoms with Crippen LogP contribution in [0.2, 0.25) is 0 Å². The Labute approximate surface area is 99.4 Å². The van der Waals surface area contributed by atoms with Gasteiger partial charge in [-0.15, -0.1) is 0 Å². The first-order valence-electron chi connectivity index (χ1n) is 5.33. The van der Waals surface area contributed by atoms with Gasteiger partial charge in [0.1, 0.15) is 5.75 Å². The van der Waals surface area contributed by atoms with Gasteiger partial charge in [0.15, 0.2) is 0 Å². The second kappa shape index (κ2) is 7.71. The number of aliphatic hydroxyl groups is 1. The maximum Gasteiger partial charge on any atom is 0.133 e. The zero-order valence-corrected chi connectivity index (χ0v) is 10.4. The smallest absolute Gasteiger partial charge is 0.133 e. The minimum Gasteiger partial charge on any atom is -0.492 e. The molecule has 0 heterocycles. The molecule has 0 spiro atoms. The van der Waals surface area contributed by atoms with Crippen molar-refractivity contribution in [3.8, 4) is 5.75 Å². The molecule has 1 aromatic carbocycles. The number of rotatable bonds is 7. The molecule has 0 saturated carbocycles. The highest BCUT2D eigenvalue weighted by molar-refractivity contribution is 9.10. The lowest BCUT2D eigenvalue weighted by molar-refractivity contribution is 0.273. The molecule has 0 fully saturated rings. The second-order valence-corrected chi connectivity index (χ2v) is 4.27. The van der Waals surface area contributed by atoms with Crippen LogP contribution in [0.1, 0.15) is 25.7 Å². The van der Waals surface area contributed by atoms with E-state index in [0.717, 1.165) is 42.5 Å². The number of ether oxygens (including phenoxy) is 1. The fourth-order valence-corrected chi connectivity index (χ4v) is 1.71. The SMILES string of the molecule is OCCCCCCOc1ccccc1Br. The van der Waals surface area contributed by atoms with Crippen LogP contribution < -0.4 is 4.74 Å². The maximum atomic E-state index is 8.60. The van der Waals surface area contributed by atoms with Crippen molar-refractivity contribution in [1.82, 2.24) is 0 Å². The van der Waals surface area contributed by atoms with E-state index in [1.807, 2.05) is 24.3 Å². The minimum absolute atomic E-state index is 0.297. The number of unbranched alkanes of at least 4 members (excludes halogenated alkanes) is 3. The summed E-state index contributed by atoms with van der Waals surface area (Å²) in [5.74, 6) is 0.902. The molecule has 0 aliphatic rings. The monoisotopic (exact) mass is 272 g/mol. The maximum absolute atomic E-state index is 8.60. The van der Waals surface area contributed by atoms with Crippen molar-refractivity contribution in [3.63, 3.8) is 0 Å². The van der Waals surface area contributed by atoms with Crippen molar-refractivity contribution in [1.29, 1.82) is 0 Å². The summed E-state index contributed by atoms with van der Waals surface area (Å²) in [5, 5.41) is 8.60. The molecule has 0 aliphatic heterocycles. The van der Waals surface area contributed by atoms with E-state index in [1.165, 1.54) is 0 Å². The summed E-state index contributed by atoms with van der Waals surface area (Å²) >= 11 is 3.43. The van der Waals surface area contributed by atoms with E-state index >= 15 is 0 Å². The van der Waals surface area contributed by atoms with Gasteiger partial charge < -0.3 is 9.84 Å². The van der Waals surface area contributed by atoms with Crippen molar-refractivity contribution in [2.45, 2.75) is 25.7 Å². The molecule has 0 saturated heterocycles. The molecule has 0 radical (unpaired) electrons. The average Bonchev–Trinajstić information content (AvgIpc) is 2.25. The van der Waals surface area contributed by atoms with Crippen LogP contribution in [-0.4, -0.2) is 18.3 Å². The molecular formula is C12H17BrO2. The quantitative estimate of drug-likeness (QED) is 0.772. The Morgan fingerprint density at radius 2 is 1.80 bits per heavy atom. The highest BCUT2D eigenvalue weighted by atomic mass is 79.9. The van der Waals surface area contributed by atoms with E-state index in [4.69, 9.17) is 9.84 Å². The molecule has 0 atom stereocenters. The summed E-state index contributed by atoms with van der Waals surface area (Å²) in [6, 6.07) is 7.86. The predicted molar refractivity (Wildman–Crippen MR) is 65.2 cm³/mol. The second-order valence-electron chi connectivity index (χ2n) is 3.42. The van der Waals surface area contributed by atoms with E-state index in [9.17, 15) is 0 Å². The van der Waals surface area contributed by atoms with Crippen molar-refractivity contribution < 1.29 is 9.84 Å². The van der Waals surface area contributed by atoms with Gasteiger partial charge in [0.2, 0.25) is 0 Å². The molecule has 0 aliphatic carbocycles. The Hall–Kier alpha value is -0.540. The number of hydrogen-bond donors (Lipinski definition) is 1. The first kappa shape index (κ1) is 12.5. The van der Waals surface area contributed by atoms with E-state index < -0.39 is 0 Å². The Morgan fingerprint density at radius 3 is 2.53 bits per heavy atom. The molecule has 1 aromatic rings. The van der Waals surface area contributed by atoms with Crippen molar-refractivity contribution in [3.05, 3.63) is 28.7 Å². The largest absolute Gasteiger partial charge is 0.492 e. The van der Waals surface area contributed by atoms with E-state index in [0.29, 0.717) is 6.61 Å². The van der Waals surface area contributed by atoms with Gasteiger partial charge >= 0.3 is 0 Å². The zero-order valence-electron chi connectivity index (χ0n) is 8.79. The first-order valence-corrected chi connectivity index (χ1v) is 6.12. The van der Waals surface area contributed by atoms with Crippen molar-refractivity contribution in [2.24, 2.45) is 0 Å². The van der Waals surface area contributed by atoms with Crippen molar-refractivity contribution >= 4 is 15.9 Å². The topological polar surface area (TPSA) is 29.5 Å². The summed E-state index contributed by atoms with van der Waals surface area (Å²) in [6.07, 6.45) is 4.14. The highest BCUT2D eigenvalue weighted by Crippen LogP contribution is 2.23. The third-order valence-corrected chi connectivity index (χ3v) is 2.80. The Kier molecular flexibility index (Phi) is 6.44. The van der Waals surface area contributed by atoms with Crippen LogP contribution >= 0.6 is 15.9 Å². The third-order valence-electron chi connectivity index (χ3n) is 2.15. The number of halogens is 1. The van der Waals surface area contributed by atoms with Gasteiger partial charge in [-0.25, -0.2) is 0 Å². The molecular weight excluding hydrogens is 256 g/mol. The lowest BCUT2D eigenvalue weighted by Gasteiger charge is -2.07. The van der Waals surface area contributed by atoms with Crippen LogP contribution in [0, 0.1) is 0 Å². The molecule has 3 heteroatoms. The van der Waals surface area contributed by atoms with Crippen molar-refractivity contribution in [2.75, 3.05) is 13.2 Å². The minimum atomic E-state index is 0.297. The van der Waals surface area contributed by atoms with Gasteiger partial charge in [-0.3, -0.25) is 0 Å². The van der Waals surface area contributed by atoms with Gasteiger partial charge in [0.05, 0.1) is 11.1 Å². The van der Waals surface area contributed by atoms with Gasteiger partial charge in [0, 0.05) is 6.61 Å². The Balaban J connectivity index is 2.12. The van der Waals surface area contributed by atoms with E-state index in [-0.39, 0.29) is 0 Å². The average molecular weight is 273 g/mol. The van der Waals surface area contributed by atoms with Gasteiger partial charge in [-0.05, 0) is 47.3 Å². The van der Waals surface area contributed by atoms with Crippen LogP contribution in [0.4, 0.5) is 0 Å². The summed E-state index contributed by atoms with van der Waals surface area (Å²) in [5.41, 5.74) is 0. The first-order chi connectivity index (χ1) is 7.34. The van der Waals surface area contributed by atoms with Gasteiger partial charge in [0.25, 0.3) is 0 Å². The third kappa shape index (κ3) is 5.19. The highest BCUT2D eigenvalue weighted by Gasteiger charge is 1.98. The van der Waals surface area contributed by atoms with Crippen LogP contribution in [0.3, 0.4) is 0 Å². The molecule has 0 unspecified atom stereocenters. The number of aliphatic hydroxyl groups excluding tert-OH is 1. The Bertz CT molecular complexity index is 276. The normalized spacial score (nSPS) is 10.3. The fraction of sp³-hybridized carbons (Fsp3) is 0.500. The lowest BCUT2D eigenvalue weighted by atomic mass is 10.2. The predicted octanol–water partition coefficient (Wildman–Crippen LogP) is 3.38. The number of benzene rings is 1. The van der Waals surface area contributed by atoms with Gasteiger partial charge in [-0.2, -0.15) is 0 Å². The van der Waals surface area contributed by atoms with E-state index in [1.54, 1.807) is 0 Å². The molecule has 1 rings (SSSR count). The molecule has 1 N–H and O–H groups in total. The fourth-order valence-electron chi connectivity index (χ4n) is 1.31. The van der Waals surface area contributed by atoms with Crippen LogP contribution in [0.15, 0.2) is 28.7 Å². The summed E-state index contributed by atoms with van der Waals surface area (Å²) in [7, 11) is 0. The Morgan fingerprint density at radius 1 is 1.07 bits per heavy atom. The molecule has 0 amide bonds. The molecule has 84 valence electrons. The summed E-state index contributed by atoms with van der Waals surface area (Å²) in [4.78, 5) is 0. The molecule has 0 bridgehead atoms. The van der Waals surface area contributed by atoms with Crippen LogP contribution in [-0.2, 0) is 0 Å². The van der Waals surface area contributed by atoms with E-state index in [2.05, 4.69) is 15.9 Å². The molecule has 15 heavy (non-hydrogen) atoms. The van der Waals surface area contributed by atoms with Crippen LogP contribution in [0.25, 0.3) is 0 Å². The van der Waals surface area contributed by atoms with Crippen LogP contribution in [0.5, 0.6) is 5.75 Å². The lowest BCUT2D eigenvalue weighted by Crippen LogP contribution is -1.98. The summed E-state index contributed by atoms with van der Waals surface area (Å²) < 4.78 is 6.61. The number of para-hydroxylation sites is 1. The number of hydrogen-bond acceptors (Lipinski definition) is 2. The molecule has 2 nitrogen and oxygen atoms in total. The zero-order chi connectivity index (χ0) is 10.9. The summed E-state index contributed by atoms with van der Waals surface area (Å²) in [6.45, 7) is 1.04. The standard InChI is InChI=1S/C12H17BrO2/c13-11-7-3-4-8-12(11)15-10-6-2-1-5-9-14/h3-4,7-8,14H,1-2,5-6,9-10H2.